The van der Waals surface area contributed by atoms with Gasteiger partial charge in [0.15, 0.2) is 0 Å². The van der Waals surface area contributed by atoms with Crippen LogP contribution < -0.4 is 16.0 Å². The maximum Gasteiger partial charge on any atom is 0.407 e. The van der Waals surface area contributed by atoms with E-state index in [0.29, 0.717) is 45.5 Å². The summed E-state index contributed by atoms with van der Waals surface area (Å²) in [7, 11) is 1.54. The van der Waals surface area contributed by atoms with Crippen molar-refractivity contribution in [3.05, 3.63) is 12.2 Å². The summed E-state index contributed by atoms with van der Waals surface area (Å²) in [6.45, 7) is 2.31. The SMILES string of the molecule is COCCNC(=O)COCCNC(=O)OCCOCCNC(=O)CCCCCN1C(=O)C=CC1=O. The highest BCUT2D eigenvalue weighted by atomic mass is 16.6. The van der Waals surface area contributed by atoms with Gasteiger partial charge in [-0.05, 0) is 12.8 Å². The molecule has 13 heteroatoms. The van der Waals surface area contributed by atoms with Crippen molar-refractivity contribution in [1.82, 2.24) is 20.9 Å². The summed E-state index contributed by atoms with van der Waals surface area (Å²) in [6, 6.07) is 0. The Morgan fingerprint density at radius 3 is 2.17 bits per heavy atom. The van der Waals surface area contributed by atoms with Crippen LogP contribution in [-0.2, 0) is 38.1 Å². The summed E-state index contributed by atoms with van der Waals surface area (Å²) in [4.78, 5) is 58.7. The quantitative estimate of drug-likeness (QED) is 0.142. The van der Waals surface area contributed by atoms with Crippen LogP contribution in [0.1, 0.15) is 25.7 Å². The van der Waals surface area contributed by atoms with Gasteiger partial charge in [-0.15, -0.1) is 0 Å². The predicted octanol–water partition coefficient (Wildman–Crippen LogP) is -0.890. The second kappa shape index (κ2) is 19.3. The van der Waals surface area contributed by atoms with Gasteiger partial charge in [0, 0.05) is 51.9 Å². The van der Waals surface area contributed by atoms with Crippen LogP contribution in [0.4, 0.5) is 4.79 Å². The van der Waals surface area contributed by atoms with Gasteiger partial charge in [0.2, 0.25) is 11.8 Å². The number of ether oxygens (including phenoxy) is 4. The Morgan fingerprint density at radius 2 is 1.43 bits per heavy atom. The van der Waals surface area contributed by atoms with Gasteiger partial charge in [0.05, 0.1) is 26.4 Å². The molecule has 0 atom stereocenters. The molecule has 3 N–H and O–H groups in total. The third-order valence-electron chi connectivity index (χ3n) is 4.59. The van der Waals surface area contributed by atoms with Gasteiger partial charge < -0.3 is 34.9 Å². The summed E-state index contributed by atoms with van der Waals surface area (Å²) in [5.41, 5.74) is 0. The molecule has 0 saturated carbocycles. The zero-order valence-electron chi connectivity index (χ0n) is 20.2. The zero-order chi connectivity index (χ0) is 25.7. The van der Waals surface area contributed by atoms with E-state index in [-0.39, 0.29) is 63.2 Å². The minimum absolute atomic E-state index is 0.0556. The van der Waals surface area contributed by atoms with Crippen molar-refractivity contribution in [2.45, 2.75) is 25.7 Å². The van der Waals surface area contributed by atoms with Crippen molar-refractivity contribution in [2.75, 3.05) is 72.9 Å². The molecule has 1 heterocycles. The summed E-state index contributed by atoms with van der Waals surface area (Å²) < 4.78 is 20.1. The number of alkyl carbamates (subject to hydrolysis) is 1. The van der Waals surface area contributed by atoms with E-state index in [1.807, 2.05) is 0 Å². The normalized spacial score (nSPS) is 12.7. The Balaban J connectivity index is 1.84. The van der Waals surface area contributed by atoms with E-state index < -0.39 is 6.09 Å². The van der Waals surface area contributed by atoms with Crippen LogP contribution in [0.25, 0.3) is 0 Å². The smallest absolute Gasteiger partial charge is 0.407 e. The average molecular weight is 501 g/mol. The van der Waals surface area contributed by atoms with Crippen molar-refractivity contribution in [1.29, 1.82) is 0 Å². The van der Waals surface area contributed by atoms with E-state index >= 15 is 0 Å². The molecule has 1 aliphatic heterocycles. The number of amides is 5. The molecule has 5 amide bonds. The predicted molar refractivity (Wildman–Crippen MR) is 123 cm³/mol. The molecule has 0 unspecified atom stereocenters. The minimum Gasteiger partial charge on any atom is -0.447 e. The van der Waals surface area contributed by atoms with Crippen molar-refractivity contribution < 1.29 is 42.9 Å². The standard InChI is InChI=1S/C22H36N4O9/c1-32-12-8-24-19(28)17-34-14-10-25-22(31)35-16-15-33-13-9-23-18(27)5-3-2-4-11-26-20(29)6-7-21(26)30/h6-7H,2-5,8-17H2,1H3,(H,23,27)(H,24,28)(H,25,31). The van der Waals surface area contributed by atoms with Crippen LogP contribution in [0.15, 0.2) is 12.2 Å². The number of imide groups is 1. The molecule has 0 aromatic rings. The van der Waals surface area contributed by atoms with Crippen LogP contribution in [-0.4, -0.2) is 108 Å². The summed E-state index contributed by atoms with van der Waals surface area (Å²) in [6.07, 6.45) is 4.29. The van der Waals surface area contributed by atoms with Gasteiger partial charge in [-0.3, -0.25) is 24.1 Å². The van der Waals surface area contributed by atoms with Gasteiger partial charge in [0.25, 0.3) is 11.8 Å². The topological polar surface area (TPSA) is 162 Å². The fraction of sp³-hybridized carbons (Fsp3) is 0.682. The Hall–Kier alpha value is -3.03. The largest absolute Gasteiger partial charge is 0.447 e. The van der Waals surface area contributed by atoms with E-state index in [9.17, 15) is 24.0 Å². The number of carbonyl (C=O) groups is 5. The van der Waals surface area contributed by atoms with Crippen molar-refractivity contribution in [3.63, 3.8) is 0 Å². The highest BCUT2D eigenvalue weighted by molar-refractivity contribution is 6.12. The lowest BCUT2D eigenvalue weighted by atomic mass is 10.2. The molecule has 0 aromatic carbocycles. The number of rotatable bonds is 20. The first-order valence-corrected chi connectivity index (χ1v) is 11.6. The van der Waals surface area contributed by atoms with Gasteiger partial charge in [-0.1, -0.05) is 6.42 Å². The van der Waals surface area contributed by atoms with Gasteiger partial charge >= 0.3 is 6.09 Å². The lowest BCUT2D eigenvalue weighted by molar-refractivity contribution is -0.137. The summed E-state index contributed by atoms with van der Waals surface area (Å²) >= 11 is 0. The van der Waals surface area contributed by atoms with Gasteiger partial charge in [-0.2, -0.15) is 0 Å². The van der Waals surface area contributed by atoms with Crippen LogP contribution in [0.2, 0.25) is 0 Å². The molecular formula is C22H36N4O9. The molecule has 0 radical (unpaired) electrons. The number of nitrogens with zero attached hydrogens (tertiary/aromatic N) is 1. The van der Waals surface area contributed by atoms with Crippen LogP contribution in [0.3, 0.4) is 0 Å². The second-order valence-corrected chi connectivity index (χ2v) is 7.39. The lowest BCUT2D eigenvalue weighted by Gasteiger charge is -2.13. The molecule has 0 saturated heterocycles. The molecule has 0 bridgehead atoms. The fourth-order valence-corrected chi connectivity index (χ4v) is 2.81. The highest BCUT2D eigenvalue weighted by Gasteiger charge is 2.22. The average Bonchev–Trinajstić information content (AvgIpc) is 3.15. The third-order valence-corrected chi connectivity index (χ3v) is 4.59. The van der Waals surface area contributed by atoms with Gasteiger partial charge in [-0.25, -0.2) is 4.79 Å². The lowest BCUT2D eigenvalue weighted by Crippen LogP contribution is -2.33. The van der Waals surface area contributed by atoms with Crippen LogP contribution >= 0.6 is 0 Å². The zero-order valence-corrected chi connectivity index (χ0v) is 20.2. The molecular weight excluding hydrogens is 464 g/mol. The third kappa shape index (κ3) is 15.5. The second-order valence-electron chi connectivity index (χ2n) is 7.39. The Labute approximate surface area is 204 Å². The summed E-state index contributed by atoms with van der Waals surface area (Å²) in [5.74, 6) is -0.948. The maximum atomic E-state index is 11.8. The molecule has 0 fully saturated rings. The number of hydrogen-bond acceptors (Lipinski definition) is 9. The first-order valence-electron chi connectivity index (χ1n) is 11.6. The number of carbonyl (C=O) groups excluding carboxylic acids is 5. The number of unbranched alkanes of at least 4 members (excludes halogenated alkanes) is 2. The highest BCUT2D eigenvalue weighted by Crippen LogP contribution is 2.07. The van der Waals surface area contributed by atoms with E-state index in [1.54, 1.807) is 0 Å². The molecule has 0 aliphatic carbocycles. The van der Waals surface area contributed by atoms with Crippen molar-refractivity contribution >= 4 is 29.7 Å². The number of nitrogens with one attached hydrogen (secondary N) is 3. The molecule has 1 rings (SSSR count). The monoisotopic (exact) mass is 500 g/mol. The van der Waals surface area contributed by atoms with Crippen LogP contribution in [0, 0.1) is 0 Å². The molecule has 35 heavy (non-hydrogen) atoms. The molecule has 0 spiro atoms. The summed E-state index contributed by atoms with van der Waals surface area (Å²) in [5, 5.41) is 7.82. The van der Waals surface area contributed by atoms with Crippen molar-refractivity contribution in [2.24, 2.45) is 0 Å². The fourth-order valence-electron chi connectivity index (χ4n) is 2.81. The van der Waals surface area contributed by atoms with E-state index in [4.69, 9.17) is 18.9 Å². The van der Waals surface area contributed by atoms with Crippen LogP contribution in [0.5, 0.6) is 0 Å². The van der Waals surface area contributed by atoms with E-state index in [1.165, 1.54) is 24.2 Å². The Bertz CT molecular complexity index is 697. The van der Waals surface area contributed by atoms with Gasteiger partial charge in [0.1, 0.15) is 13.2 Å². The molecule has 0 aromatic heterocycles. The number of methoxy groups -OCH3 is 1. The first-order chi connectivity index (χ1) is 16.9. The first kappa shape index (κ1) is 30.0. The Kier molecular flexibility index (Phi) is 16.5. The Morgan fingerprint density at radius 1 is 0.771 bits per heavy atom. The molecule has 13 nitrogen and oxygen atoms in total. The minimum atomic E-state index is -0.621. The van der Waals surface area contributed by atoms with E-state index in [0.717, 1.165) is 6.42 Å². The number of hydrogen-bond donors (Lipinski definition) is 3. The maximum absolute atomic E-state index is 11.8. The molecule has 198 valence electrons. The molecule has 1 aliphatic rings. The van der Waals surface area contributed by atoms with E-state index in [2.05, 4.69) is 16.0 Å². The van der Waals surface area contributed by atoms with Crippen molar-refractivity contribution in [3.8, 4) is 0 Å².